The molecule has 0 atom stereocenters. The molecular formula is C20H29N3O2. The zero-order valence-electron chi connectivity index (χ0n) is 16.6. The number of Topliss-reactive ketones (excluding diaryl/α,β-unsaturated/α-hetero) is 1. The van der Waals surface area contributed by atoms with Crippen molar-refractivity contribution in [3.8, 4) is 6.07 Å². The molecule has 0 saturated heterocycles. The molecule has 0 spiro atoms. The van der Waals surface area contributed by atoms with E-state index in [0.717, 1.165) is 28.0 Å². The number of benzene rings is 1. The first kappa shape index (κ1) is 20.9. The van der Waals surface area contributed by atoms with Crippen LogP contribution >= 0.6 is 0 Å². The van der Waals surface area contributed by atoms with Crippen LogP contribution in [0.1, 0.15) is 64.9 Å². The SMILES string of the molecule is CC(=O)CC(C)(C)O.Cc1cc2nc(C)n(C(C)(C)C)c2cc1C#N. The summed E-state index contributed by atoms with van der Waals surface area (Å²) in [7, 11) is 0. The Kier molecular flexibility index (Phi) is 6.14. The van der Waals surface area contributed by atoms with Gasteiger partial charge in [-0.2, -0.15) is 5.26 Å². The molecule has 0 fully saturated rings. The third kappa shape index (κ3) is 5.68. The predicted molar refractivity (Wildman–Crippen MR) is 101 cm³/mol. The van der Waals surface area contributed by atoms with Gasteiger partial charge in [0.2, 0.25) is 0 Å². The maximum Gasteiger partial charge on any atom is 0.132 e. The first-order valence-electron chi connectivity index (χ1n) is 8.38. The fourth-order valence-corrected chi connectivity index (χ4v) is 2.92. The van der Waals surface area contributed by atoms with Gasteiger partial charge in [0.05, 0.1) is 28.3 Å². The lowest BCUT2D eigenvalue weighted by Crippen LogP contribution is -2.22. The van der Waals surface area contributed by atoms with Gasteiger partial charge in [-0.15, -0.1) is 0 Å². The number of carbonyl (C=O) groups is 1. The van der Waals surface area contributed by atoms with Crippen LogP contribution in [0.2, 0.25) is 0 Å². The van der Waals surface area contributed by atoms with Crippen molar-refractivity contribution in [3.05, 3.63) is 29.1 Å². The van der Waals surface area contributed by atoms with E-state index < -0.39 is 5.60 Å². The van der Waals surface area contributed by atoms with Gasteiger partial charge in [-0.1, -0.05) is 0 Å². The summed E-state index contributed by atoms with van der Waals surface area (Å²) < 4.78 is 2.18. The standard InChI is InChI=1S/C14H17N3.C6H12O2/c1-9-6-12-13(7-11(9)8-15)17(10(2)16-12)14(3,4)5;1-5(7)4-6(2,3)8/h6-7H,1-5H3;8H,4H2,1-3H3. The molecule has 5 nitrogen and oxygen atoms in total. The summed E-state index contributed by atoms with van der Waals surface area (Å²) in [5, 5.41) is 18.1. The Labute approximate surface area is 150 Å². The van der Waals surface area contributed by atoms with E-state index in [-0.39, 0.29) is 17.7 Å². The minimum absolute atomic E-state index is 0.0255. The fourth-order valence-electron chi connectivity index (χ4n) is 2.92. The van der Waals surface area contributed by atoms with Crippen LogP contribution in [-0.2, 0) is 10.3 Å². The summed E-state index contributed by atoms with van der Waals surface area (Å²) in [4.78, 5) is 14.9. The molecule has 0 bridgehead atoms. The summed E-state index contributed by atoms with van der Waals surface area (Å²) in [6, 6.07) is 6.16. The van der Waals surface area contributed by atoms with E-state index in [1.54, 1.807) is 13.8 Å². The van der Waals surface area contributed by atoms with Gasteiger partial charge in [0, 0.05) is 12.0 Å². The second kappa shape index (κ2) is 7.37. The normalized spacial score (nSPS) is 11.7. The van der Waals surface area contributed by atoms with Crippen molar-refractivity contribution in [1.29, 1.82) is 5.26 Å². The monoisotopic (exact) mass is 343 g/mol. The minimum atomic E-state index is -0.828. The number of carbonyl (C=O) groups excluding carboxylic acids is 1. The molecule has 0 aliphatic heterocycles. The van der Waals surface area contributed by atoms with E-state index in [9.17, 15) is 4.79 Å². The number of hydrogen-bond donors (Lipinski definition) is 1. The Hall–Kier alpha value is -2.19. The number of fused-ring (bicyclic) bond motifs is 1. The van der Waals surface area contributed by atoms with Crippen molar-refractivity contribution in [3.63, 3.8) is 0 Å². The van der Waals surface area contributed by atoms with Crippen molar-refractivity contribution in [2.75, 3.05) is 0 Å². The number of ketones is 1. The van der Waals surface area contributed by atoms with Crippen LogP contribution in [0.3, 0.4) is 0 Å². The van der Waals surface area contributed by atoms with E-state index in [1.807, 2.05) is 26.0 Å². The molecule has 0 saturated carbocycles. The first-order chi connectivity index (χ1) is 11.3. The zero-order valence-corrected chi connectivity index (χ0v) is 16.6. The second-order valence-electron chi connectivity index (χ2n) is 8.12. The molecule has 1 heterocycles. The summed E-state index contributed by atoms with van der Waals surface area (Å²) >= 11 is 0. The maximum absolute atomic E-state index is 10.3. The molecule has 25 heavy (non-hydrogen) atoms. The van der Waals surface area contributed by atoms with Gasteiger partial charge in [0.1, 0.15) is 11.6 Å². The van der Waals surface area contributed by atoms with Crippen LogP contribution in [0, 0.1) is 25.2 Å². The molecule has 0 amide bonds. The summed E-state index contributed by atoms with van der Waals surface area (Å²) in [6.45, 7) is 15.1. The van der Waals surface area contributed by atoms with Crippen LogP contribution < -0.4 is 0 Å². The van der Waals surface area contributed by atoms with Crippen molar-refractivity contribution >= 4 is 16.8 Å². The van der Waals surface area contributed by atoms with E-state index >= 15 is 0 Å². The van der Waals surface area contributed by atoms with Gasteiger partial charge in [-0.3, -0.25) is 4.79 Å². The highest BCUT2D eigenvalue weighted by Crippen LogP contribution is 2.26. The molecule has 1 aromatic heterocycles. The number of aryl methyl sites for hydroxylation is 2. The molecular weight excluding hydrogens is 314 g/mol. The van der Waals surface area contributed by atoms with Crippen molar-refractivity contribution in [2.45, 2.75) is 73.0 Å². The quantitative estimate of drug-likeness (QED) is 0.893. The number of rotatable bonds is 2. The topological polar surface area (TPSA) is 78.9 Å². The van der Waals surface area contributed by atoms with E-state index in [2.05, 4.69) is 36.4 Å². The lowest BCUT2D eigenvalue weighted by molar-refractivity contribution is -0.120. The third-order valence-electron chi connectivity index (χ3n) is 3.64. The number of aliphatic hydroxyl groups is 1. The highest BCUT2D eigenvalue weighted by Gasteiger charge is 2.20. The Morgan fingerprint density at radius 2 is 1.80 bits per heavy atom. The summed E-state index contributed by atoms with van der Waals surface area (Å²) in [5.74, 6) is 1.01. The second-order valence-corrected chi connectivity index (χ2v) is 8.12. The predicted octanol–water partition coefficient (Wildman–Crippen LogP) is 4.02. The molecule has 0 radical (unpaired) electrons. The maximum atomic E-state index is 10.3. The Morgan fingerprint density at radius 1 is 1.24 bits per heavy atom. The molecule has 2 aromatic rings. The van der Waals surface area contributed by atoms with Gasteiger partial charge in [-0.25, -0.2) is 4.98 Å². The average Bonchev–Trinajstić information content (AvgIpc) is 2.69. The smallest absolute Gasteiger partial charge is 0.132 e. The van der Waals surface area contributed by atoms with Crippen molar-refractivity contribution in [1.82, 2.24) is 9.55 Å². The minimum Gasteiger partial charge on any atom is -0.390 e. The molecule has 5 heteroatoms. The summed E-state index contributed by atoms with van der Waals surface area (Å²) in [6.07, 6.45) is 0.243. The largest absolute Gasteiger partial charge is 0.390 e. The molecule has 1 N–H and O–H groups in total. The van der Waals surface area contributed by atoms with Gasteiger partial charge < -0.3 is 9.67 Å². The highest BCUT2D eigenvalue weighted by atomic mass is 16.3. The third-order valence-corrected chi connectivity index (χ3v) is 3.64. The van der Waals surface area contributed by atoms with Crippen LogP contribution in [0.15, 0.2) is 12.1 Å². The molecule has 0 aliphatic rings. The van der Waals surface area contributed by atoms with Crippen LogP contribution in [-0.4, -0.2) is 26.0 Å². The van der Waals surface area contributed by atoms with Gasteiger partial charge in [0.15, 0.2) is 0 Å². The van der Waals surface area contributed by atoms with Gasteiger partial charge >= 0.3 is 0 Å². The van der Waals surface area contributed by atoms with E-state index in [1.165, 1.54) is 6.92 Å². The summed E-state index contributed by atoms with van der Waals surface area (Å²) in [5.41, 5.74) is 2.86. The van der Waals surface area contributed by atoms with Crippen molar-refractivity contribution in [2.24, 2.45) is 0 Å². The average molecular weight is 343 g/mol. The molecule has 0 unspecified atom stereocenters. The lowest BCUT2D eigenvalue weighted by atomic mass is 10.0. The van der Waals surface area contributed by atoms with Gasteiger partial charge in [-0.05, 0) is 73.1 Å². The molecule has 0 aliphatic carbocycles. The molecule has 1 aromatic carbocycles. The Bertz CT molecular complexity index is 813. The number of nitrogens with zero attached hydrogens (tertiary/aromatic N) is 3. The van der Waals surface area contributed by atoms with Crippen LogP contribution in [0.25, 0.3) is 11.0 Å². The lowest BCUT2D eigenvalue weighted by Gasteiger charge is -2.23. The van der Waals surface area contributed by atoms with Crippen LogP contribution in [0.4, 0.5) is 0 Å². The number of nitriles is 1. The van der Waals surface area contributed by atoms with Crippen molar-refractivity contribution < 1.29 is 9.90 Å². The Morgan fingerprint density at radius 3 is 2.16 bits per heavy atom. The molecule has 2 rings (SSSR count). The van der Waals surface area contributed by atoms with E-state index in [0.29, 0.717) is 0 Å². The van der Waals surface area contributed by atoms with Gasteiger partial charge in [0.25, 0.3) is 0 Å². The number of aromatic nitrogens is 2. The first-order valence-corrected chi connectivity index (χ1v) is 8.38. The number of hydrogen-bond acceptors (Lipinski definition) is 4. The highest BCUT2D eigenvalue weighted by molar-refractivity contribution is 5.79. The zero-order chi connectivity index (χ0) is 19.6. The number of imidazole rings is 1. The fraction of sp³-hybridized carbons (Fsp3) is 0.550. The van der Waals surface area contributed by atoms with E-state index in [4.69, 9.17) is 10.4 Å². The molecule has 136 valence electrons. The van der Waals surface area contributed by atoms with Crippen LogP contribution in [0.5, 0.6) is 0 Å². The Balaban J connectivity index is 0.000000333.